The van der Waals surface area contributed by atoms with Gasteiger partial charge in [0.1, 0.15) is 12.4 Å². The second kappa shape index (κ2) is 7.60. The highest BCUT2D eigenvalue weighted by molar-refractivity contribution is 5.99. The number of hydrogen-bond acceptors (Lipinski definition) is 5. The summed E-state index contributed by atoms with van der Waals surface area (Å²) in [6, 6.07) is 6.82. The molecular formula is C21H22O5. The van der Waals surface area contributed by atoms with Gasteiger partial charge in [-0.2, -0.15) is 0 Å². The highest BCUT2D eigenvalue weighted by Gasteiger charge is 2.14. The van der Waals surface area contributed by atoms with Gasteiger partial charge in [0.25, 0.3) is 0 Å². The van der Waals surface area contributed by atoms with Crippen LogP contribution in [0.1, 0.15) is 33.6 Å². The van der Waals surface area contributed by atoms with Crippen molar-refractivity contribution in [1.29, 1.82) is 0 Å². The third kappa shape index (κ3) is 3.87. The van der Waals surface area contributed by atoms with Crippen LogP contribution in [0.2, 0.25) is 0 Å². The first-order chi connectivity index (χ1) is 12.5. The van der Waals surface area contributed by atoms with E-state index in [2.05, 4.69) is 0 Å². The molecule has 0 aliphatic heterocycles. The van der Waals surface area contributed by atoms with Crippen LogP contribution in [0.25, 0.3) is 21.9 Å². The van der Waals surface area contributed by atoms with Crippen LogP contribution in [-0.2, 0) is 4.79 Å². The summed E-state index contributed by atoms with van der Waals surface area (Å²) in [5.41, 5.74) is 1.57. The number of fused-ring (bicyclic) bond motifs is 2. The van der Waals surface area contributed by atoms with Gasteiger partial charge < -0.3 is 13.6 Å². The Morgan fingerprint density at radius 2 is 1.92 bits per heavy atom. The van der Waals surface area contributed by atoms with E-state index in [0.29, 0.717) is 36.4 Å². The Hall–Kier alpha value is -2.82. The van der Waals surface area contributed by atoms with Gasteiger partial charge in [0.2, 0.25) is 5.75 Å². The molecule has 1 aromatic carbocycles. The van der Waals surface area contributed by atoms with Gasteiger partial charge in [-0.3, -0.25) is 4.79 Å². The first kappa shape index (κ1) is 18.0. The van der Waals surface area contributed by atoms with E-state index in [4.69, 9.17) is 13.6 Å². The minimum atomic E-state index is -0.438. The van der Waals surface area contributed by atoms with Gasteiger partial charge >= 0.3 is 5.63 Å². The summed E-state index contributed by atoms with van der Waals surface area (Å²) >= 11 is 0. The highest BCUT2D eigenvalue weighted by atomic mass is 16.5. The maximum Gasteiger partial charge on any atom is 0.336 e. The largest absolute Gasteiger partial charge is 0.482 e. The van der Waals surface area contributed by atoms with Crippen molar-refractivity contribution in [2.24, 2.45) is 5.92 Å². The van der Waals surface area contributed by atoms with E-state index >= 15 is 0 Å². The van der Waals surface area contributed by atoms with Gasteiger partial charge in [0.15, 0.2) is 11.2 Å². The lowest BCUT2D eigenvalue weighted by molar-refractivity contribution is -0.121. The second-order valence-corrected chi connectivity index (χ2v) is 6.70. The zero-order chi connectivity index (χ0) is 18.7. The number of carbonyl (C=O) groups is 1. The van der Waals surface area contributed by atoms with Gasteiger partial charge in [-0.05, 0) is 37.6 Å². The van der Waals surface area contributed by atoms with E-state index in [0.717, 1.165) is 16.3 Å². The van der Waals surface area contributed by atoms with Crippen molar-refractivity contribution < 1.29 is 18.4 Å². The highest BCUT2D eigenvalue weighted by Crippen LogP contribution is 2.34. The molecule has 136 valence electrons. The zero-order valence-electron chi connectivity index (χ0n) is 15.2. The molecule has 0 fully saturated rings. The van der Waals surface area contributed by atoms with Crippen molar-refractivity contribution >= 4 is 27.7 Å². The van der Waals surface area contributed by atoms with E-state index in [1.165, 1.54) is 6.07 Å². The minimum Gasteiger partial charge on any atom is -0.482 e. The van der Waals surface area contributed by atoms with Crippen molar-refractivity contribution in [2.45, 2.75) is 33.6 Å². The molecule has 0 bridgehead atoms. The number of rotatable bonds is 7. The molecule has 26 heavy (non-hydrogen) atoms. The molecule has 2 aromatic heterocycles. The van der Waals surface area contributed by atoms with E-state index in [1.807, 2.05) is 39.0 Å². The molecule has 0 saturated heterocycles. The van der Waals surface area contributed by atoms with Crippen LogP contribution < -0.4 is 10.4 Å². The molecule has 3 aromatic rings. The van der Waals surface area contributed by atoms with Crippen LogP contribution in [-0.4, -0.2) is 12.4 Å². The number of ketones is 1. The number of ether oxygens (including phenoxy) is 1. The van der Waals surface area contributed by atoms with Gasteiger partial charge in [-0.15, -0.1) is 0 Å². The Morgan fingerprint density at radius 1 is 1.15 bits per heavy atom. The number of carbonyl (C=O) groups excluding carboxylic acids is 1. The number of furan rings is 1. The Bertz CT molecular complexity index is 1020. The lowest BCUT2D eigenvalue weighted by Gasteiger charge is -2.08. The average Bonchev–Trinajstić information content (AvgIpc) is 3.07. The smallest absolute Gasteiger partial charge is 0.336 e. The molecule has 0 atom stereocenters. The van der Waals surface area contributed by atoms with Gasteiger partial charge in [-0.1, -0.05) is 19.4 Å². The molecule has 5 heteroatoms. The van der Waals surface area contributed by atoms with Gasteiger partial charge in [0, 0.05) is 29.2 Å². The molecule has 2 heterocycles. The molecular weight excluding hydrogens is 332 g/mol. The molecule has 0 aliphatic rings. The monoisotopic (exact) mass is 354 g/mol. The Balaban J connectivity index is 1.80. The maximum atomic E-state index is 11.7. The molecule has 0 unspecified atom stereocenters. The summed E-state index contributed by atoms with van der Waals surface area (Å²) in [5.74, 6) is 0.735. The summed E-state index contributed by atoms with van der Waals surface area (Å²) < 4.78 is 16.7. The van der Waals surface area contributed by atoms with Crippen LogP contribution in [0.3, 0.4) is 0 Å². The zero-order valence-corrected chi connectivity index (χ0v) is 15.2. The Kier molecular flexibility index (Phi) is 5.26. The quantitative estimate of drug-likeness (QED) is 0.447. The summed E-state index contributed by atoms with van der Waals surface area (Å²) in [5, 5.41) is 1.65. The van der Waals surface area contributed by atoms with E-state index in [1.54, 1.807) is 12.3 Å². The average molecular weight is 354 g/mol. The normalized spacial score (nSPS) is 12.2. The number of Topliss-reactive ketones (excluding diaryl/α,β-unsaturated/α-hetero) is 1. The third-order valence-electron chi connectivity index (χ3n) is 4.35. The van der Waals surface area contributed by atoms with Crippen molar-refractivity contribution in [3.8, 4) is 5.75 Å². The molecule has 0 radical (unpaired) electrons. The molecule has 3 rings (SSSR count). The predicted molar refractivity (Wildman–Crippen MR) is 101 cm³/mol. The number of allylic oxidation sites excluding steroid dienone is 1. The Morgan fingerprint density at radius 3 is 2.69 bits per heavy atom. The molecule has 0 N–H and O–H groups in total. The van der Waals surface area contributed by atoms with Crippen LogP contribution in [0.5, 0.6) is 5.75 Å². The first-order valence-electron chi connectivity index (χ1n) is 8.71. The van der Waals surface area contributed by atoms with Crippen LogP contribution >= 0.6 is 0 Å². The molecule has 0 amide bonds. The van der Waals surface area contributed by atoms with Crippen LogP contribution in [0.4, 0.5) is 0 Å². The fourth-order valence-electron chi connectivity index (χ4n) is 2.72. The van der Waals surface area contributed by atoms with Crippen molar-refractivity contribution in [3.63, 3.8) is 0 Å². The second-order valence-electron chi connectivity index (χ2n) is 6.70. The summed E-state index contributed by atoms with van der Waals surface area (Å²) in [6.07, 6.45) is 4.75. The lowest BCUT2D eigenvalue weighted by atomic mass is 10.0. The van der Waals surface area contributed by atoms with Crippen LogP contribution in [0, 0.1) is 5.92 Å². The van der Waals surface area contributed by atoms with Crippen molar-refractivity contribution in [1.82, 2.24) is 0 Å². The van der Waals surface area contributed by atoms with E-state index < -0.39 is 5.63 Å². The molecule has 0 aliphatic carbocycles. The fourth-order valence-corrected chi connectivity index (χ4v) is 2.72. The third-order valence-corrected chi connectivity index (χ3v) is 4.35. The van der Waals surface area contributed by atoms with Gasteiger partial charge in [-0.25, -0.2) is 4.79 Å². The van der Waals surface area contributed by atoms with E-state index in [-0.39, 0.29) is 11.7 Å². The SMILES string of the molecule is CC(=CCOc1c2occc2cc2ccc(=O)oc12)CCC(=O)C(C)C. The summed E-state index contributed by atoms with van der Waals surface area (Å²) in [7, 11) is 0. The summed E-state index contributed by atoms with van der Waals surface area (Å²) in [4.78, 5) is 23.3. The van der Waals surface area contributed by atoms with Crippen molar-refractivity contribution in [3.05, 3.63) is 52.6 Å². The Labute approximate surface area is 151 Å². The van der Waals surface area contributed by atoms with Crippen molar-refractivity contribution in [2.75, 3.05) is 6.61 Å². The maximum absolute atomic E-state index is 11.7. The van der Waals surface area contributed by atoms with Crippen LogP contribution in [0.15, 0.2) is 55.8 Å². The fraction of sp³-hybridized carbons (Fsp3) is 0.333. The first-order valence-corrected chi connectivity index (χ1v) is 8.71. The topological polar surface area (TPSA) is 69.7 Å². The number of hydrogen-bond donors (Lipinski definition) is 0. The lowest BCUT2D eigenvalue weighted by Crippen LogP contribution is -2.06. The minimum absolute atomic E-state index is 0.0601. The molecule has 0 spiro atoms. The number of benzene rings is 1. The molecule has 5 nitrogen and oxygen atoms in total. The standard InChI is InChI=1S/C21H22O5/c1-13(2)17(22)6-4-14(3)8-10-25-21-19-16(9-11-24-19)12-15-5-7-18(23)26-20(15)21/h5,7-9,11-13H,4,6,10H2,1-3H3. The predicted octanol–water partition coefficient (Wildman–Crippen LogP) is 4.87. The van der Waals surface area contributed by atoms with Gasteiger partial charge in [0.05, 0.1) is 6.26 Å². The summed E-state index contributed by atoms with van der Waals surface area (Å²) in [6.45, 7) is 6.10. The molecule has 0 saturated carbocycles. The van der Waals surface area contributed by atoms with E-state index in [9.17, 15) is 9.59 Å².